The van der Waals surface area contributed by atoms with E-state index in [1.165, 1.54) is 6.42 Å². The van der Waals surface area contributed by atoms with Gasteiger partial charge in [-0.15, -0.1) is 0 Å². The Morgan fingerprint density at radius 2 is 1.95 bits per heavy atom. The molecule has 1 aliphatic heterocycles. The number of rotatable bonds is 2. The van der Waals surface area contributed by atoms with Gasteiger partial charge in [0.1, 0.15) is 17.9 Å². The highest BCUT2D eigenvalue weighted by Gasteiger charge is 2.22. The van der Waals surface area contributed by atoms with Crippen LogP contribution in [-0.4, -0.2) is 28.2 Å². The minimum absolute atomic E-state index is 0.293. The molecule has 1 saturated heterocycles. The van der Waals surface area contributed by atoms with Crippen LogP contribution >= 0.6 is 0 Å². The molecule has 1 N–H and O–H groups in total. The molecule has 0 spiro atoms. The van der Waals surface area contributed by atoms with Gasteiger partial charge in [0.2, 0.25) is 0 Å². The standard InChI is InChI=1S/C15H17N3O/c1-10-8-12(19)4-5-13(10)14-11(2)16-9-17-15(14)18-6-3-7-18/h4-5,8-9,19H,3,6-7H2,1-2H3. The van der Waals surface area contributed by atoms with Crippen molar-refractivity contribution in [3.63, 3.8) is 0 Å². The van der Waals surface area contributed by atoms with E-state index in [4.69, 9.17) is 0 Å². The average molecular weight is 255 g/mol. The van der Waals surface area contributed by atoms with Gasteiger partial charge < -0.3 is 10.0 Å². The highest BCUT2D eigenvalue weighted by Crippen LogP contribution is 2.35. The number of benzene rings is 1. The van der Waals surface area contributed by atoms with Crippen molar-refractivity contribution >= 4 is 5.82 Å². The van der Waals surface area contributed by atoms with Crippen LogP contribution in [0, 0.1) is 13.8 Å². The number of phenolic OH excluding ortho intramolecular Hbond substituents is 1. The third kappa shape index (κ3) is 2.03. The number of aromatic hydroxyl groups is 1. The van der Waals surface area contributed by atoms with Gasteiger partial charge in [-0.05, 0) is 43.5 Å². The molecular formula is C15H17N3O. The highest BCUT2D eigenvalue weighted by atomic mass is 16.3. The van der Waals surface area contributed by atoms with Gasteiger partial charge in [0, 0.05) is 18.7 Å². The Morgan fingerprint density at radius 1 is 1.16 bits per heavy atom. The predicted molar refractivity (Wildman–Crippen MR) is 75.4 cm³/mol. The first-order valence-electron chi connectivity index (χ1n) is 6.53. The minimum atomic E-state index is 0.293. The first-order chi connectivity index (χ1) is 9.16. The van der Waals surface area contributed by atoms with Gasteiger partial charge in [0.15, 0.2) is 0 Å². The molecular weight excluding hydrogens is 238 g/mol. The fourth-order valence-corrected chi connectivity index (χ4v) is 2.47. The summed E-state index contributed by atoms with van der Waals surface area (Å²) in [5, 5.41) is 9.55. The van der Waals surface area contributed by atoms with Crippen LogP contribution in [0.3, 0.4) is 0 Å². The molecule has 0 atom stereocenters. The smallest absolute Gasteiger partial charge is 0.140 e. The van der Waals surface area contributed by atoms with Crippen LogP contribution in [0.5, 0.6) is 5.75 Å². The van der Waals surface area contributed by atoms with E-state index < -0.39 is 0 Å². The molecule has 1 aromatic heterocycles. The number of anilines is 1. The van der Waals surface area contributed by atoms with Gasteiger partial charge in [-0.3, -0.25) is 0 Å². The normalized spacial score (nSPS) is 14.3. The maximum Gasteiger partial charge on any atom is 0.140 e. The summed E-state index contributed by atoms with van der Waals surface area (Å²) in [6.07, 6.45) is 2.85. The van der Waals surface area contributed by atoms with E-state index in [1.807, 2.05) is 19.9 Å². The second-order valence-corrected chi connectivity index (χ2v) is 5.00. The Kier molecular flexibility index (Phi) is 2.85. The van der Waals surface area contributed by atoms with E-state index >= 15 is 0 Å². The highest BCUT2D eigenvalue weighted by molar-refractivity contribution is 5.80. The van der Waals surface area contributed by atoms with Gasteiger partial charge in [-0.2, -0.15) is 0 Å². The molecule has 0 aliphatic carbocycles. The zero-order chi connectivity index (χ0) is 13.4. The largest absolute Gasteiger partial charge is 0.508 e. The lowest BCUT2D eigenvalue weighted by molar-refractivity contribution is 0.475. The number of phenols is 1. The minimum Gasteiger partial charge on any atom is -0.508 e. The monoisotopic (exact) mass is 255 g/mol. The summed E-state index contributed by atoms with van der Waals surface area (Å²) >= 11 is 0. The zero-order valence-electron chi connectivity index (χ0n) is 11.2. The Labute approximate surface area is 112 Å². The van der Waals surface area contributed by atoms with Gasteiger partial charge in [-0.1, -0.05) is 6.07 Å². The zero-order valence-corrected chi connectivity index (χ0v) is 11.2. The fraction of sp³-hybridized carbons (Fsp3) is 0.333. The molecule has 0 unspecified atom stereocenters. The Balaban J connectivity index is 2.17. The van der Waals surface area contributed by atoms with E-state index in [-0.39, 0.29) is 0 Å². The molecule has 0 amide bonds. The summed E-state index contributed by atoms with van der Waals surface area (Å²) in [4.78, 5) is 11.0. The van der Waals surface area contributed by atoms with Crippen LogP contribution in [0.15, 0.2) is 24.5 Å². The third-order valence-electron chi connectivity index (χ3n) is 3.65. The molecule has 2 aromatic rings. The van der Waals surface area contributed by atoms with Crippen LogP contribution in [0.2, 0.25) is 0 Å². The second-order valence-electron chi connectivity index (χ2n) is 5.00. The number of aromatic nitrogens is 2. The lowest BCUT2D eigenvalue weighted by atomic mass is 9.98. The van der Waals surface area contributed by atoms with E-state index in [1.54, 1.807) is 18.5 Å². The van der Waals surface area contributed by atoms with Crippen molar-refractivity contribution in [2.45, 2.75) is 20.3 Å². The fourth-order valence-electron chi connectivity index (χ4n) is 2.47. The number of hydrogen-bond donors (Lipinski definition) is 1. The molecule has 3 rings (SSSR count). The van der Waals surface area contributed by atoms with Crippen molar-refractivity contribution in [1.29, 1.82) is 0 Å². The van der Waals surface area contributed by atoms with E-state index in [0.717, 1.165) is 41.3 Å². The molecule has 98 valence electrons. The molecule has 1 aliphatic rings. The molecule has 1 fully saturated rings. The lowest BCUT2D eigenvalue weighted by Gasteiger charge is -2.34. The van der Waals surface area contributed by atoms with E-state index in [2.05, 4.69) is 14.9 Å². The van der Waals surface area contributed by atoms with Crippen LogP contribution in [0.25, 0.3) is 11.1 Å². The summed E-state index contributed by atoms with van der Waals surface area (Å²) in [5.41, 5.74) is 4.20. The third-order valence-corrected chi connectivity index (χ3v) is 3.65. The molecule has 0 radical (unpaired) electrons. The van der Waals surface area contributed by atoms with Gasteiger partial charge in [0.05, 0.1) is 5.69 Å². The van der Waals surface area contributed by atoms with Gasteiger partial charge in [-0.25, -0.2) is 9.97 Å². The summed E-state index contributed by atoms with van der Waals surface area (Å²) in [6, 6.07) is 5.44. The first kappa shape index (κ1) is 12.0. The molecule has 0 bridgehead atoms. The molecule has 0 saturated carbocycles. The Morgan fingerprint density at radius 3 is 2.58 bits per heavy atom. The van der Waals surface area contributed by atoms with Crippen LogP contribution in [0.4, 0.5) is 5.82 Å². The maximum atomic E-state index is 9.55. The molecule has 4 heteroatoms. The lowest BCUT2D eigenvalue weighted by Crippen LogP contribution is -2.38. The summed E-state index contributed by atoms with van der Waals surface area (Å²) in [6.45, 7) is 6.12. The summed E-state index contributed by atoms with van der Waals surface area (Å²) < 4.78 is 0. The summed E-state index contributed by atoms with van der Waals surface area (Å²) in [5.74, 6) is 1.30. The molecule has 19 heavy (non-hydrogen) atoms. The van der Waals surface area contributed by atoms with Gasteiger partial charge >= 0.3 is 0 Å². The average Bonchev–Trinajstić information content (AvgIpc) is 2.29. The molecule has 2 heterocycles. The van der Waals surface area contributed by atoms with Crippen molar-refractivity contribution in [1.82, 2.24) is 9.97 Å². The van der Waals surface area contributed by atoms with Crippen molar-refractivity contribution in [3.05, 3.63) is 35.8 Å². The second kappa shape index (κ2) is 4.53. The SMILES string of the molecule is Cc1cc(O)ccc1-c1c(C)ncnc1N1CCC1. The predicted octanol–water partition coefficient (Wildman–Crippen LogP) is 2.68. The van der Waals surface area contributed by atoms with E-state index in [0.29, 0.717) is 5.75 Å². The first-order valence-corrected chi connectivity index (χ1v) is 6.53. The van der Waals surface area contributed by atoms with Crippen molar-refractivity contribution in [2.24, 2.45) is 0 Å². The number of hydrogen-bond acceptors (Lipinski definition) is 4. The van der Waals surface area contributed by atoms with Crippen LogP contribution in [-0.2, 0) is 0 Å². The van der Waals surface area contributed by atoms with Crippen molar-refractivity contribution in [3.8, 4) is 16.9 Å². The van der Waals surface area contributed by atoms with E-state index in [9.17, 15) is 5.11 Å². The number of aryl methyl sites for hydroxylation is 2. The summed E-state index contributed by atoms with van der Waals surface area (Å²) in [7, 11) is 0. The Hall–Kier alpha value is -2.10. The molecule has 1 aromatic carbocycles. The van der Waals surface area contributed by atoms with Crippen molar-refractivity contribution in [2.75, 3.05) is 18.0 Å². The topological polar surface area (TPSA) is 49.3 Å². The number of nitrogens with zero attached hydrogens (tertiary/aromatic N) is 3. The Bertz CT molecular complexity index is 621. The quantitative estimate of drug-likeness (QED) is 0.896. The van der Waals surface area contributed by atoms with Crippen LogP contribution < -0.4 is 4.90 Å². The van der Waals surface area contributed by atoms with Gasteiger partial charge in [0.25, 0.3) is 0 Å². The molecule has 4 nitrogen and oxygen atoms in total. The maximum absolute atomic E-state index is 9.55. The van der Waals surface area contributed by atoms with Crippen LogP contribution in [0.1, 0.15) is 17.7 Å². The van der Waals surface area contributed by atoms with Crippen molar-refractivity contribution < 1.29 is 5.11 Å².